The van der Waals surface area contributed by atoms with E-state index in [1.54, 1.807) is 19.1 Å². The van der Waals surface area contributed by atoms with Crippen molar-refractivity contribution in [3.63, 3.8) is 0 Å². The standard InChI is InChI=1S/C11H15ClFN/c1-8(13)11(5-6-14)9-3-2-4-10(12)7-9/h2-4,7-8,11H,5-6,14H2,1H3. The molecule has 1 nitrogen and oxygen atoms in total. The lowest BCUT2D eigenvalue weighted by Crippen LogP contribution is -2.15. The van der Waals surface area contributed by atoms with E-state index in [9.17, 15) is 4.39 Å². The fourth-order valence-electron chi connectivity index (χ4n) is 1.58. The summed E-state index contributed by atoms with van der Waals surface area (Å²) in [5.41, 5.74) is 6.37. The van der Waals surface area contributed by atoms with Crippen LogP contribution in [0, 0.1) is 0 Å². The number of benzene rings is 1. The summed E-state index contributed by atoms with van der Waals surface area (Å²) >= 11 is 5.84. The highest BCUT2D eigenvalue weighted by Gasteiger charge is 2.17. The van der Waals surface area contributed by atoms with E-state index in [-0.39, 0.29) is 5.92 Å². The Balaban J connectivity index is 2.87. The first-order chi connectivity index (χ1) is 6.65. The Morgan fingerprint density at radius 3 is 2.71 bits per heavy atom. The van der Waals surface area contributed by atoms with Crippen molar-refractivity contribution in [2.24, 2.45) is 5.73 Å². The maximum absolute atomic E-state index is 13.3. The van der Waals surface area contributed by atoms with Crippen LogP contribution in [-0.2, 0) is 0 Å². The molecule has 0 saturated carbocycles. The van der Waals surface area contributed by atoms with Crippen LogP contribution >= 0.6 is 11.6 Å². The van der Waals surface area contributed by atoms with Crippen molar-refractivity contribution in [3.8, 4) is 0 Å². The number of hydrogen-bond acceptors (Lipinski definition) is 1. The largest absolute Gasteiger partial charge is 0.330 e. The van der Waals surface area contributed by atoms with Gasteiger partial charge in [-0.25, -0.2) is 4.39 Å². The van der Waals surface area contributed by atoms with Crippen LogP contribution in [0.5, 0.6) is 0 Å². The molecule has 0 fully saturated rings. The van der Waals surface area contributed by atoms with Crippen molar-refractivity contribution in [2.45, 2.75) is 25.4 Å². The van der Waals surface area contributed by atoms with Crippen LogP contribution in [0.25, 0.3) is 0 Å². The van der Waals surface area contributed by atoms with E-state index < -0.39 is 6.17 Å². The summed E-state index contributed by atoms with van der Waals surface area (Å²) in [6.07, 6.45) is -0.241. The molecule has 1 aromatic rings. The Labute approximate surface area is 89.1 Å². The van der Waals surface area contributed by atoms with Crippen LogP contribution in [0.2, 0.25) is 5.02 Å². The van der Waals surface area contributed by atoms with E-state index >= 15 is 0 Å². The van der Waals surface area contributed by atoms with Crippen LogP contribution in [0.1, 0.15) is 24.8 Å². The molecule has 0 aromatic heterocycles. The SMILES string of the molecule is CC(F)C(CCN)c1cccc(Cl)c1. The molecule has 2 atom stereocenters. The molecular weight excluding hydrogens is 201 g/mol. The zero-order valence-electron chi connectivity index (χ0n) is 8.21. The van der Waals surface area contributed by atoms with Crippen molar-refractivity contribution >= 4 is 11.6 Å². The molecule has 78 valence electrons. The predicted molar refractivity (Wildman–Crippen MR) is 58.4 cm³/mol. The minimum absolute atomic E-state index is 0.140. The molecule has 0 amide bonds. The van der Waals surface area contributed by atoms with Gasteiger partial charge in [0.15, 0.2) is 0 Å². The summed E-state index contributed by atoms with van der Waals surface area (Å²) < 4.78 is 13.3. The van der Waals surface area contributed by atoms with E-state index in [0.29, 0.717) is 18.0 Å². The van der Waals surface area contributed by atoms with Crippen molar-refractivity contribution in [1.29, 1.82) is 0 Å². The third-order valence-electron chi connectivity index (χ3n) is 2.31. The lowest BCUT2D eigenvalue weighted by molar-refractivity contribution is 0.297. The van der Waals surface area contributed by atoms with E-state index in [4.69, 9.17) is 17.3 Å². The molecule has 3 heteroatoms. The first kappa shape index (κ1) is 11.5. The highest BCUT2D eigenvalue weighted by Crippen LogP contribution is 2.26. The zero-order chi connectivity index (χ0) is 10.6. The molecule has 0 aliphatic rings. The Kier molecular flexibility index (Phi) is 4.36. The van der Waals surface area contributed by atoms with Crippen molar-refractivity contribution in [2.75, 3.05) is 6.54 Å². The van der Waals surface area contributed by atoms with Crippen molar-refractivity contribution in [3.05, 3.63) is 34.9 Å². The number of rotatable bonds is 4. The summed E-state index contributed by atoms with van der Waals surface area (Å²) in [4.78, 5) is 0. The second-order valence-electron chi connectivity index (χ2n) is 3.42. The molecule has 0 spiro atoms. The van der Waals surface area contributed by atoms with Crippen molar-refractivity contribution in [1.82, 2.24) is 0 Å². The topological polar surface area (TPSA) is 26.0 Å². The Morgan fingerprint density at radius 1 is 1.50 bits per heavy atom. The van der Waals surface area contributed by atoms with Crippen LogP contribution in [0.4, 0.5) is 4.39 Å². The molecule has 0 radical (unpaired) electrons. The monoisotopic (exact) mass is 215 g/mol. The molecule has 2 N–H and O–H groups in total. The number of hydrogen-bond donors (Lipinski definition) is 1. The summed E-state index contributed by atoms with van der Waals surface area (Å²) in [6.45, 7) is 2.05. The Morgan fingerprint density at radius 2 is 2.21 bits per heavy atom. The average Bonchev–Trinajstić information content (AvgIpc) is 2.13. The summed E-state index contributed by atoms with van der Waals surface area (Å²) in [7, 11) is 0. The fourth-order valence-corrected chi connectivity index (χ4v) is 1.78. The lowest BCUT2D eigenvalue weighted by Gasteiger charge is -2.17. The van der Waals surface area contributed by atoms with Gasteiger partial charge in [-0.1, -0.05) is 23.7 Å². The third kappa shape index (κ3) is 2.96. The maximum atomic E-state index is 13.3. The van der Waals surface area contributed by atoms with Crippen LogP contribution in [-0.4, -0.2) is 12.7 Å². The summed E-state index contributed by atoms with van der Waals surface area (Å²) in [5, 5.41) is 0.644. The quantitative estimate of drug-likeness (QED) is 0.821. The third-order valence-corrected chi connectivity index (χ3v) is 2.54. The number of alkyl halides is 1. The van der Waals surface area contributed by atoms with Gasteiger partial charge in [0.1, 0.15) is 6.17 Å². The second kappa shape index (κ2) is 5.32. The van der Waals surface area contributed by atoms with Gasteiger partial charge in [0.05, 0.1) is 0 Å². The smallest absolute Gasteiger partial charge is 0.104 e. The minimum Gasteiger partial charge on any atom is -0.330 e. The number of halogens is 2. The summed E-state index contributed by atoms with van der Waals surface area (Å²) in [5.74, 6) is -0.140. The van der Waals surface area contributed by atoms with Gasteiger partial charge in [-0.15, -0.1) is 0 Å². The molecule has 1 rings (SSSR count). The molecule has 2 unspecified atom stereocenters. The summed E-state index contributed by atoms with van der Waals surface area (Å²) in [6, 6.07) is 7.32. The predicted octanol–water partition coefficient (Wildman–Crippen LogP) is 3.13. The van der Waals surface area contributed by atoms with Gasteiger partial charge in [0.2, 0.25) is 0 Å². The first-order valence-electron chi connectivity index (χ1n) is 4.74. The zero-order valence-corrected chi connectivity index (χ0v) is 8.97. The highest BCUT2D eigenvalue weighted by atomic mass is 35.5. The van der Waals surface area contributed by atoms with E-state index in [1.807, 2.05) is 12.1 Å². The first-order valence-corrected chi connectivity index (χ1v) is 5.12. The molecule has 0 bridgehead atoms. The van der Waals surface area contributed by atoms with Gasteiger partial charge in [-0.05, 0) is 37.6 Å². The molecule has 0 aliphatic heterocycles. The normalized spacial score (nSPS) is 15.1. The van der Waals surface area contributed by atoms with Gasteiger partial charge < -0.3 is 5.73 Å². The molecule has 0 saturated heterocycles. The number of nitrogens with two attached hydrogens (primary N) is 1. The van der Waals surface area contributed by atoms with Gasteiger partial charge in [0.25, 0.3) is 0 Å². The lowest BCUT2D eigenvalue weighted by atomic mass is 9.92. The second-order valence-corrected chi connectivity index (χ2v) is 3.85. The van der Waals surface area contributed by atoms with Gasteiger partial charge in [-0.2, -0.15) is 0 Å². The molecule has 0 heterocycles. The van der Waals surface area contributed by atoms with Crippen LogP contribution < -0.4 is 5.73 Å². The maximum Gasteiger partial charge on any atom is 0.104 e. The Bertz CT molecular complexity index is 288. The average molecular weight is 216 g/mol. The molecule has 14 heavy (non-hydrogen) atoms. The van der Waals surface area contributed by atoms with Gasteiger partial charge >= 0.3 is 0 Å². The van der Waals surface area contributed by atoms with E-state index in [0.717, 1.165) is 5.56 Å². The molecular formula is C11H15ClFN. The van der Waals surface area contributed by atoms with Crippen LogP contribution in [0.15, 0.2) is 24.3 Å². The molecule has 0 aliphatic carbocycles. The Hall–Kier alpha value is -0.600. The van der Waals surface area contributed by atoms with Gasteiger partial charge in [0, 0.05) is 10.9 Å². The van der Waals surface area contributed by atoms with E-state index in [2.05, 4.69) is 0 Å². The van der Waals surface area contributed by atoms with E-state index in [1.165, 1.54) is 0 Å². The van der Waals surface area contributed by atoms with Crippen LogP contribution in [0.3, 0.4) is 0 Å². The van der Waals surface area contributed by atoms with Gasteiger partial charge in [-0.3, -0.25) is 0 Å². The highest BCUT2D eigenvalue weighted by molar-refractivity contribution is 6.30. The van der Waals surface area contributed by atoms with Crippen molar-refractivity contribution < 1.29 is 4.39 Å². The fraction of sp³-hybridized carbons (Fsp3) is 0.455. The molecule has 1 aromatic carbocycles. The minimum atomic E-state index is -0.892.